The van der Waals surface area contributed by atoms with Crippen molar-refractivity contribution >= 4 is 52.2 Å². The van der Waals surface area contributed by atoms with Gasteiger partial charge < -0.3 is 9.80 Å². The van der Waals surface area contributed by atoms with E-state index in [0.717, 1.165) is 11.8 Å². The first kappa shape index (κ1) is 18.7. The number of hydrogen-bond donors (Lipinski definition) is 1. The smallest absolute Gasteiger partial charge is 0.290 e. The zero-order chi connectivity index (χ0) is 19.7. The van der Waals surface area contributed by atoms with Gasteiger partial charge in [0.15, 0.2) is 0 Å². The van der Waals surface area contributed by atoms with Gasteiger partial charge in [0.1, 0.15) is 5.82 Å². The SMILES string of the molecule is O=C1NC(=O)/C(=C\c2ccnc(N3CCN(c4ccc(Cl)cc4F)CC3)n2)S1. The van der Waals surface area contributed by atoms with E-state index >= 15 is 0 Å². The first-order valence-electron chi connectivity index (χ1n) is 8.52. The predicted molar refractivity (Wildman–Crippen MR) is 107 cm³/mol. The molecule has 2 aliphatic heterocycles. The third-order valence-corrected chi connectivity index (χ3v) is 5.44. The number of carbonyl (C=O) groups is 2. The molecule has 0 atom stereocenters. The van der Waals surface area contributed by atoms with Gasteiger partial charge >= 0.3 is 0 Å². The summed E-state index contributed by atoms with van der Waals surface area (Å²) in [6.45, 7) is 2.46. The number of thioether (sulfide) groups is 1. The van der Waals surface area contributed by atoms with Gasteiger partial charge in [-0.25, -0.2) is 14.4 Å². The Morgan fingerprint density at radius 3 is 2.57 bits per heavy atom. The molecule has 2 fully saturated rings. The summed E-state index contributed by atoms with van der Waals surface area (Å²) in [6, 6.07) is 6.34. The molecule has 2 aliphatic rings. The minimum absolute atomic E-state index is 0.303. The number of rotatable bonds is 3. The van der Waals surface area contributed by atoms with E-state index in [2.05, 4.69) is 15.3 Å². The van der Waals surface area contributed by atoms with Crippen molar-refractivity contribution in [2.75, 3.05) is 36.0 Å². The molecule has 1 aromatic heterocycles. The van der Waals surface area contributed by atoms with Crippen LogP contribution in [0.1, 0.15) is 5.69 Å². The second-order valence-corrected chi connectivity index (χ2v) is 7.65. The van der Waals surface area contributed by atoms with E-state index in [1.165, 1.54) is 6.07 Å². The Labute approximate surface area is 169 Å². The number of anilines is 2. The summed E-state index contributed by atoms with van der Waals surface area (Å²) in [5, 5.41) is 2.19. The minimum Gasteiger partial charge on any atom is -0.366 e. The third-order valence-electron chi connectivity index (χ3n) is 4.40. The number of aromatic nitrogens is 2. The highest BCUT2D eigenvalue weighted by Crippen LogP contribution is 2.26. The highest BCUT2D eigenvalue weighted by molar-refractivity contribution is 8.18. The van der Waals surface area contributed by atoms with Crippen LogP contribution in [0.3, 0.4) is 0 Å². The average molecular weight is 420 g/mol. The Kier molecular flexibility index (Phi) is 5.19. The third kappa shape index (κ3) is 3.95. The number of hydrogen-bond acceptors (Lipinski definition) is 7. The molecule has 0 spiro atoms. The van der Waals surface area contributed by atoms with Crippen molar-refractivity contribution < 1.29 is 14.0 Å². The van der Waals surface area contributed by atoms with Gasteiger partial charge in [-0.1, -0.05) is 11.6 Å². The summed E-state index contributed by atoms with van der Waals surface area (Å²) in [4.78, 5) is 36.0. The zero-order valence-corrected chi connectivity index (χ0v) is 16.1. The fraction of sp³-hybridized carbons (Fsp3) is 0.222. The second-order valence-electron chi connectivity index (χ2n) is 6.20. The molecule has 2 aromatic rings. The fourth-order valence-electron chi connectivity index (χ4n) is 3.04. The van der Waals surface area contributed by atoms with Crippen molar-refractivity contribution in [1.29, 1.82) is 0 Å². The number of imide groups is 1. The Morgan fingerprint density at radius 1 is 1.14 bits per heavy atom. The van der Waals surface area contributed by atoms with Crippen LogP contribution in [0, 0.1) is 5.82 Å². The molecular weight excluding hydrogens is 405 g/mol. The van der Waals surface area contributed by atoms with Crippen molar-refractivity contribution in [2.45, 2.75) is 0 Å². The second kappa shape index (κ2) is 7.76. The first-order valence-corrected chi connectivity index (χ1v) is 9.72. The Morgan fingerprint density at radius 2 is 1.89 bits per heavy atom. The van der Waals surface area contributed by atoms with Crippen LogP contribution in [0.5, 0.6) is 0 Å². The summed E-state index contributed by atoms with van der Waals surface area (Å²) >= 11 is 6.66. The number of carbonyl (C=O) groups excluding carboxylic acids is 2. The quantitative estimate of drug-likeness (QED) is 0.766. The topological polar surface area (TPSA) is 78.4 Å². The van der Waals surface area contributed by atoms with Crippen LogP contribution < -0.4 is 15.1 Å². The Bertz CT molecular complexity index is 978. The van der Waals surface area contributed by atoms with Gasteiger partial charge in [-0.3, -0.25) is 14.9 Å². The molecule has 1 aromatic carbocycles. The molecule has 0 aliphatic carbocycles. The molecule has 7 nitrogen and oxygen atoms in total. The first-order chi connectivity index (χ1) is 13.5. The van der Waals surface area contributed by atoms with Crippen LogP contribution in [-0.4, -0.2) is 47.3 Å². The summed E-state index contributed by atoms with van der Waals surface area (Å²) < 4.78 is 14.1. The van der Waals surface area contributed by atoms with E-state index in [9.17, 15) is 14.0 Å². The van der Waals surface area contributed by atoms with Crippen molar-refractivity contribution in [2.24, 2.45) is 0 Å². The van der Waals surface area contributed by atoms with E-state index in [4.69, 9.17) is 11.6 Å². The van der Waals surface area contributed by atoms with Crippen LogP contribution in [0.25, 0.3) is 6.08 Å². The lowest BCUT2D eigenvalue weighted by Gasteiger charge is -2.36. The normalized spacial score (nSPS) is 18.7. The van der Waals surface area contributed by atoms with Gasteiger partial charge in [-0.2, -0.15) is 0 Å². The number of amides is 2. The number of nitrogens with zero attached hydrogens (tertiary/aromatic N) is 4. The number of piperazine rings is 1. The highest BCUT2D eigenvalue weighted by Gasteiger charge is 2.25. The highest BCUT2D eigenvalue weighted by atomic mass is 35.5. The van der Waals surface area contributed by atoms with Crippen LogP contribution in [0.2, 0.25) is 5.02 Å². The van der Waals surface area contributed by atoms with Gasteiger partial charge in [0.2, 0.25) is 5.95 Å². The number of benzene rings is 1. The maximum atomic E-state index is 14.1. The van der Waals surface area contributed by atoms with E-state index in [1.54, 1.807) is 30.5 Å². The molecular formula is C18H15ClFN5O2S. The van der Waals surface area contributed by atoms with Crippen molar-refractivity contribution in [3.63, 3.8) is 0 Å². The average Bonchev–Trinajstić information content (AvgIpc) is 2.99. The van der Waals surface area contributed by atoms with E-state index in [-0.39, 0.29) is 5.82 Å². The lowest BCUT2D eigenvalue weighted by Crippen LogP contribution is -2.47. The molecule has 28 heavy (non-hydrogen) atoms. The standard InChI is InChI=1S/C18H15ClFN5O2S/c19-11-1-2-14(13(20)9-11)24-5-7-25(8-6-24)17-21-4-3-12(22-17)10-15-16(26)23-18(27)28-15/h1-4,9-10H,5-8H2,(H,23,26,27)/b15-10+. The van der Waals surface area contributed by atoms with E-state index < -0.39 is 11.1 Å². The molecule has 0 bridgehead atoms. The summed E-state index contributed by atoms with van der Waals surface area (Å²) in [6.07, 6.45) is 3.18. The van der Waals surface area contributed by atoms with Crippen LogP contribution >= 0.6 is 23.4 Å². The molecule has 0 unspecified atom stereocenters. The molecule has 1 N–H and O–H groups in total. The van der Waals surface area contributed by atoms with Crippen LogP contribution in [-0.2, 0) is 4.79 Å². The summed E-state index contributed by atoms with van der Waals surface area (Å²) in [7, 11) is 0. The molecule has 4 rings (SSSR count). The van der Waals surface area contributed by atoms with Crippen LogP contribution in [0.15, 0.2) is 35.4 Å². The largest absolute Gasteiger partial charge is 0.366 e. The monoisotopic (exact) mass is 419 g/mol. The maximum Gasteiger partial charge on any atom is 0.290 e. The summed E-state index contributed by atoms with van der Waals surface area (Å²) in [5.74, 6) is -0.234. The zero-order valence-electron chi connectivity index (χ0n) is 14.6. The summed E-state index contributed by atoms with van der Waals surface area (Å²) in [5.41, 5.74) is 1.07. The van der Waals surface area contributed by atoms with E-state index in [1.807, 2.05) is 9.80 Å². The Hall–Kier alpha value is -2.65. The predicted octanol–water partition coefficient (Wildman–Crippen LogP) is 2.92. The lowest BCUT2D eigenvalue weighted by atomic mass is 10.2. The molecule has 0 radical (unpaired) electrons. The van der Waals surface area contributed by atoms with Crippen molar-refractivity contribution in [3.8, 4) is 0 Å². The number of halogens is 2. The van der Waals surface area contributed by atoms with Gasteiger partial charge in [0.25, 0.3) is 11.1 Å². The van der Waals surface area contributed by atoms with E-state index in [0.29, 0.717) is 53.4 Å². The molecule has 2 amide bonds. The molecule has 144 valence electrons. The number of nitrogens with one attached hydrogen (secondary N) is 1. The molecule has 2 saturated heterocycles. The maximum absolute atomic E-state index is 14.1. The van der Waals surface area contributed by atoms with Gasteiger partial charge in [0.05, 0.1) is 16.3 Å². The minimum atomic E-state index is -0.422. The molecule has 3 heterocycles. The van der Waals surface area contributed by atoms with Crippen LogP contribution in [0.4, 0.5) is 20.8 Å². The molecule has 0 saturated carbocycles. The molecule has 10 heteroatoms. The van der Waals surface area contributed by atoms with Gasteiger partial charge in [-0.15, -0.1) is 0 Å². The Balaban J connectivity index is 1.46. The van der Waals surface area contributed by atoms with Crippen molar-refractivity contribution in [1.82, 2.24) is 15.3 Å². The lowest BCUT2D eigenvalue weighted by molar-refractivity contribution is -0.115. The van der Waals surface area contributed by atoms with Gasteiger partial charge in [-0.05, 0) is 42.1 Å². The fourth-order valence-corrected chi connectivity index (χ4v) is 3.86. The van der Waals surface area contributed by atoms with Crippen molar-refractivity contribution in [3.05, 3.63) is 51.9 Å². The van der Waals surface area contributed by atoms with Gasteiger partial charge in [0, 0.05) is 37.4 Å².